The van der Waals surface area contributed by atoms with E-state index >= 15 is 0 Å². The lowest BCUT2D eigenvalue weighted by molar-refractivity contribution is 0.0917. The van der Waals surface area contributed by atoms with E-state index in [4.69, 9.17) is 5.11 Å². The van der Waals surface area contributed by atoms with E-state index in [9.17, 15) is 4.79 Å². The summed E-state index contributed by atoms with van der Waals surface area (Å²) >= 11 is 0. The van der Waals surface area contributed by atoms with Crippen molar-refractivity contribution in [2.75, 3.05) is 6.61 Å². The summed E-state index contributed by atoms with van der Waals surface area (Å²) in [5.41, 5.74) is 3.18. The molecule has 14 heavy (non-hydrogen) atoms. The number of carbonyl (C=O) groups excluding carboxylic acids is 1. The first-order valence-electron chi connectivity index (χ1n) is 4.99. The lowest BCUT2D eigenvalue weighted by atomic mass is 9.73. The largest absolute Gasteiger partial charge is 0.396 e. The summed E-state index contributed by atoms with van der Waals surface area (Å²) in [5.74, 6) is 0.301. The molecule has 0 saturated heterocycles. The van der Waals surface area contributed by atoms with Crippen LogP contribution in [-0.2, 0) is 0 Å². The Hall–Kier alpha value is -1.15. The Kier molecular flexibility index (Phi) is 2.38. The van der Waals surface area contributed by atoms with Crippen LogP contribution in [0.4, 0.5) is 0 Å². The highest BCUT2D eigenvalue weighted by atomic mass is 16.2. The first kappa shape index (κ1) is 9.41. The lowest BCUT2D eigenvalue weighted by Gasteiger charge is -2.28. The van der Waals surface area contributed by atoms with Crippen LogP contribution in [0.25, 0.3) is 0 Å². The van der Waals surface area contributed by atoms with Crippen LogP contribution in [0.2, 0.25) is 0 Å². The second-order valence-electron chi connectivity index (χ2n) is 3.87. The van der Waals surface area contributed by atoms with Gasteiger partial charge in [0.25, 0.3) is 0 Å². The van der Waals surface area contributed by atoms with Gasteiger partial charge < -0.3 is 5.11 Å². The standard InChI is InChI=1S/C12H14O2/c1-8-4-5-9-10(3-2-6-13)12(14)11(9)7-8/h4-5,7,10,13H,2-3,6H2,1H3. The lowest BCUT2D eigenvalue weighted by Crippen LogP contribution is -2.26. The van der Waals surface area contributed by atoms with Crippen LogP contribution >= 0.6 is 0 Å². The maximum Gasteiger partial charge on any atom is 0.170 e. The van der Waals surface area contributed by atoms with E-state index in [1.165, 1.54) is 0 Å². The van der Waals surface area contributed by atoms with Crippen LogP contribution < -0.4 is 0 Å². The van der Waals surface area contributed by atoms with Gasteiger partial charge >= 0.3 is 0 Å². The fourth-order valence-corrected chi connectivity index (χ4v) is 2.02. The molecule has 0 saturated carbocycles. The molecule has 0 fully saturated rings. The molecule has 1 N–H and O–H groups in total. The number of hydrogen-bond acceptors (Lipinski definition) is 2. The van der Waals surface area contributed by atoms with Gasteiger partial charge in [-0.25, -0.2) is 0 Å². The second-order valence-corrected chi connectivity index (χ2v) is 3.87. The molecule has 1 aliphatic carbocycles. The zero-order valence-electron chi connectivity index (χ0n) is 8.29. The molecule has 2 nitrogen and oxygen atoms in total. The van der Waals surface area contributed by atoms with Crippen molar-refractivity contribution in [1.82, 2.24) is 0 Å². The summed E-state index contributed by atoms with van der Waals surface area (Å²) in [5, 5.41) is 8.70. The van der Waals surface area contributed by atoms with Gasteiger partial charge in [-0.1, -0.05) is 17.7 Å². The van der Waals surface area contributed by atoms with Crippen molar-refractivity contribution < 1.29 is 9.90 Å². The number of aryl methyl sites for hydroxylation is 1. The minimum Gasteiger partial charge on any atom is -0.396 e. The van der Waals surface area contributed by atoms with Gasteiger partial charge in [-0.15, -0.1) is 0 Å². The molecule has 1 unspecified atom stereocenters. The van der Waals surface area contributed by atoms with E-state index in [0.29, 0.717) is 6.42 Å². The van der Waals surface area contributed by atoms with Gasteiger partial charge in [-0.05, 0) is 31.4 Å². The molecule has 74 valence electrons. The number of Topliss-reactive ketones (excluding diaryl/α,β-unsaturated/α-hetero) is 1. The molecule has 0 heterocycles. The molecule has 0 spiro atoms. The average Bonchev–Trinajstić information content (AvgIpc) is 2.19. The Balaban J connectivity index is 2.19. The second kappa shape index (κ2) is 3.54. The number of carbonyl (C=O) groups is 1. The normalized spacial score (nSPS) is 19.0. The molecular formula is C12H14O2. The number of hydrogen-bond donors (Lipinski definition) is 1. The number of fused-ring (bicyclic) bond motifs is 1. The van der Waals surface area contributed by atoms with E-state index in [1.54, 1.807) is 0 Å². The molecule has 0 aromatic heterocycles. The van der Waals surface area contributed by atoms with Crippen molar-refractivity contribution in [2.24, 2.45) is 0 Å². The predicted octanol–water partition coefficient (Wildman–Crippen LogP) is 2.05. The van der Waals surface area contributed by atoms with E-state index in [1.807, 2.05) is 25.1 Å². The van der Waals surface area contributed by atoms with Gasteiger partial charge in [-0.3, -0.25) is 4.79 Å². The molecule has 2 heteroatoms. The highest BCUT2D eigenvalue weighted by Gasteiger charge is 2.34. The van der Waals surface area contributed by atoms with Crippen molar-refractivity contribution in [2.45, 2.75) is 25.7 Å². The van der Waals surface area contributed by atoms with Crippen LogP contribution in [0, 0.1) is 6.92 Å². The third kappa shape index (κ3) is 1.36. The predicted molar refractivity (Wildman–Crippen MR) is 54.6 cm³/mol. The Bertz CT molecular complexity index is 369. The maximum atomic E-state index is 11.6. The Labute approximate surface area is 83.6 Å². The third-order valence-corrected chi connectivity index (χ3v) is 2.82. The highest BCUT2D eigenvalue weighted by Crippen LogP contribution is 2.38. The van der Waals surface area contributed by atoms with Crippen LogP contribution in [0.15, 0.2) is 18.2 Å². The minimum atomic E-state index is 0.0535. The molecule has 1 aliphatic rings. The summed E-state index contributed by atoms with van der Waals surface area (Å²) in [6.45, 7) is 2.17. The van der Waals surface area contributed by atoms with Crippen molar-refractivity contribution >= 4 is 5.78 Å². The smallest absolute Gasteiger partial charge is 0.170 e. The molecular weight excluding hydrogens is 176 g/mol. The zero-order chi connectivity index (χ0) is 10.1. The number of rotatable bonds is 3. The Morgan fingerprint density at radius 3 is 2.93 bits per heavy atom. The Morgan fingerprint density at radius 2 is 2.21 bits per heavy atom. The minimum absolute atomic E-state index is 0.0535. The van der Waals surface area contributed by atoms with Crippen molar-refractivity contribution in [3.8, 4) is 0 Å². The molecule has 0 aliphatic heterocycles. The molecule has 0 radical (unpaired) electrons. The van der Waals surface area contributed by atoms with Crippen molar-refractivity contribution in [3.05, 3.63) is 34.9 Å². The number of aliphatic hydroxyl groups excluding tert-OH is 1. The Morgan fingerprint density at radius 1 is 1.43 bits per heavy atom. The quantitative estimate of drug-likeness (QED) is 0.792. The van der Waals surface area contributed by atoms with E-state index in [2.05, 4.69) is 0 Å². The summed E-state index contributed by atoms with van der Waals surface area (Å²) in [4.78, 5) is 11.6. The fourth-order valence-electron chi connectivity index (χ4n) is 2.02. The molecule has 1 atom stereocenters. The van der Waals surface area contributed by atoms with Gasteiger partial charge in [0.1, 0.15) is 0 Å². The zero-order valence-corrected chi connectivity index (χ0v) is 8.29. The monoisotopic (exact) mass is 190 g/mol. The van der Waals surface area contributed by atoms with E-state index < -0.39 is 0 Å². The molecule has 0 bridgehead atoms. The van der Waals surface area contributed by atoms with Crippen LogP contribution in [0.5, 0.6) is 0 Å². The van der Waals surface area contributed by atoms with Gasteiger partial charge in [0.15, 0.2) is 5.78 Å². The van der Waals surface area contributed by atoms with Crippen LogP contribution in [0.1, 0.15) is 40.2 Å². The van der Waals surface area contributed by atoms with Crippen LogP contribution in [-0.4, -0.2) is 17.5 Å². The summed E-state index contributed by atoms with van der Waals surface area (Å²) < 4.78 is 0. The van der Waals surface area contributed by atoms with E-state index in [0.717, 1.165) is 23.1 Å². The van der Waals surface area contributed by atoms with Crippen molar-refractivity contribution in [1.29, 1.82) is 0 Å². The molecule has 1 aromatic carbocycles. The average molecular weight is 190 g/mol. The first-order chi connectivity index (χ1) is 6.74. The number of aliphatic hydroxyl groups is 1. The number of ketones is 1. The van der Waals surface area contributed by atoms with Gasteiger partial charge in [0, 0.05) is 18.1 Å². The van der Waals surface area contributed by atoms with Gasteiger partial charge in [0.05, 0.1) is 0 Å². The third-order valence-electron chi connectivity index (χ3n) is 2.82. The SMILES string of the molecule is Cc1ccc2c(c1)C(=O)C2CCCO. The van der Waals surface area contributed by atoms with Crippen molar-refractivity contribution in [3.63, 3.8) is 0 Å². The van der Waals surface area contributed by atoms with Crippen LogP contribution in [0.3, 0.4) is 0 Å². The van der Waals surface area contributed by atoms with Gasteiger partial charge in [-0.2, -0.15) is 0 Å². The fraction of sp³-hybridized carbons (Fsp3) is 0.417. The van der Waals surface area contributed by atoms with Gasteiger partial charge in [0.2, 0.25) is 0 Å². The summed E-state index contributed by atoms with van der Waals surface area (Å²) in [6.07, 6.45) is 1.50. The maximum absolute atomic E-state index is 11.6. The first-order valence-corrected chi connectivity index (χ1v) is 4.99. The highest BCUT2D eigenvalue weighted by molar-refractivity contribution is 6.10. The molecule has 2 rings (SSSR count). The van der Waals surface area contributed by atoms with E-state index in [-0.39, 0.29) is 18.3 Å². The molecule has 0 amide bonds. The topological polar surface area (TPSA) is 37.3 Å². The molecule has 1 aromatic rings. The summed E-state index contributed by atoms with van der Waals surface area (Å²) in [6, 6.07) is 6.03. The number of benzene rings is 1. The summed E-state index contributed by atoms with van der Waals surface area (Å²) in [7, 11) is 0.